The minimum Gasteiger partial charge on any atom is -0.288 e. The molecule has 72 valence electrons. The fourth-order valence-electron chi connectivity index (χ4n) is 1.50. The van der Waals surface area contributed by atoms with Crippen LogP contribution in [0.3, 0.4) is 0 Å². The number of halogens is 1. The van der Waals surface area contributed by atoms with Crippen LogP contribution in [0.25, 0.3) is 0 Å². The van der Waals surface area contributed by atoms with E-state index in [1.54, 1.807) is 17.9 Å². The van der Waals surface area contributed by atoms with Gasteiger partial charge in [0.2, 0.25) is 0 Å². The monoisotopic (exact) mass is 207 g/mol. The summed E-state index contributed by atoms with van der Waals surface area (Å²) in [6.07, 6.45) is 1.76. The second-order valence-corrected chi connectivity index (χ2v) is 3.68. The molecule has 1 unspecified atom stereocenters. The molecule has 0 saturated heterocycles. The molecule has 3 heteroatoms. The van der Waals surface area contributed by atoms with Crippen molar-refractivity contribution in [3.63, 3.8) is 0 Å². The molecule has 1 aromatic carbocycles. The van der Waals surface area contributed by atoms with E-state index in [1.807, 2.05) is 30.3 Å². The molecular weight excluding hydrogens is 198 g/mol. The zero-order chi connectivity index (χ0) is 10.1. The molecule has 2 rings (SSSR count). The SMILES string of the molecule is CC1=CC(Cl)N(c2ccccc2)C1=O. The molecule has 1 heterocycles. The summed E-state index contributed by atoms with van der Waals surface area (Å²) in [6.45, 7) is 1.78. The number of hydrogen-bond acceptors (Lipinski definition) is 1. The van der Waals surface area contributed by atoms with Crippen LogP contribution in [0.4, 0.5) is 5.69 Å². The average Bonchev–Trinajstić information content (AvgIpc) is 2.43. The summed E-state index contributed by atoms with van der Waals surface area (Å²) in [4.78, 5) is 13.3. The lowest BCUT2D eigenvalue weighted by Crippen LogP contribution is -2.30. The first-order valence-electron chi connectivity index (χ1n) is 4.41. The number of para-hydroxylation sites is 1. The minimum atomic E-state index is -0.357. The average molecular weight is 208 g/mol. The van der Waals surface area contributed by atoms with E-state index in [4.69, 9.17) is 11.6 Å². The van der Waals surface area contributed by atoms with Gasteiger partial charge in [0.05, 0.1) is 0 Å². The summed E-state index contributed by atoms with van der Waals surface area (Å²) in [6, 6.07) is 9.44. The van der Waals surface area contributed by atoms with Crippen molar-refractivity contribution in [1.29, 1.82) is 0 Å². The maximum absolute atomic E-state index is 11.7. The van der Waals surface area contributed by atoms with Crippen LogP contribution in [0.2, 0.25) is 0 Å². The van der Waals surface area contributed by atoms with Crippen LogP contribution in [0.1, 0.15) is 6.92 Å². The number of alkyl halides is 1. The number of amides is 1. The molecule has 1 amide bonds. The van der Waals surface area contributed by atoms with Gasteiger partial charge in [0.15, 0.2) is 0 Å². The molecule has 0 saturated carbocycles. The van der Waals surface area contributed by atoms with Gasteiger partial charge in [-0.05, 0) is 25.1 Å². The maximum atomic E-state index is 11.7. The first-order chi connectivity index (χ1) is 6.70. The summed E-state index contributed by atoms with van der Waals surface area (Å²) in [5.41, 5.74) is 1.18. The van der Waals surface area contributed by atoms with Gasteiger partial charge in [-0.3, -0.25) is 9.69 Å². The van der Waals surface area contributed by atoms with Crippen molar-refractivity contribution >= 4 is 23.2 Å². The molecular formula is C11H10ClNO. The molecule has 0 fully saturated rings. The van der Waals surface area contributed by atoms with Gasteiger partial charge in [-0.25, -0.2) is 0 Å². The first kappa shape index (κ1) is 9.28. The Morgan fingerprint density at radius 2 is 1.93 bits per heavy atom. The van der Waals surface area contributed by atoms with Crippen molar-refractivity contribution in [3.05, 3.63) is 42.0 Å². The van der Waals surface area contributed by atoms with Gasteiger partial charge in [-0.1, -0.05) is 29.8 Å². The lowest BCUT2D eigenvalue weighted by Gasteiger charge is -2.20. The van der Waals surface area contributed by atoms with Crippen molar-refractivity contribution in [2.45, 2.75) is 12.4 Å². The molecule has 0 N–H and O–H groups in total. The van der Waals surface area contributed by atoms with E-state index in [0.29, 0.717) is 5.57 Å². The Balaban J connectivity index is 2.34. The number of rotatable bonds is 1. The first-order valence-corrected chi connectivity index (χ1v) is 4.85. The van der Waals surface area contributed by atoms with Crippen molar-refractivity contribution < 1.29 is 4.79 Å². The van der Waals surface area contributed by atoms with Crippen molar-refractivity contribution in [2.24, 2.45) is 0 Å². The van der Waals surface area contributed by atoms with Crippen LogP contribution in [0.15, 0.2) is 42.0 Å². The smallest absolute Gasteiger partial charge is 0.255 e. The van der Waals surface area contributed by atoms with E-state index in [-0.39, 0.29) is 11.4 Å². The van der Waals surface area contributed by atoms with Gasteiger partial charge in [0, 0.05) is 11.3 Å². The van der Waals surface area contributed by atoms with E-state index < -0.39 is 0 Å². The Hall–Kier alpha value is -1.28. The number of carbonyl (C=O) groups is 1. The van der Waals surface area contributed by atoms with Crippen molar-refractivity contribution in [2.75, 3.05) is 4.90 Å². The normalized spacial score (nSPS) is 21.3. The second kappa shape index (κ2) is 3.46. The largest absolute Gasteiger partial charge is 0.288 e. The summed E-state index contributed by atoms with van der Waals surface area (Å²) >= 11 is 6.03. The number of hydrogen-bond donors (Lipinski definition) is 0. The van der Waals surface area contributed by atoms with Crippen LogP contribution in [-0.2, 0) is 4.79 Å². The topological polar surface area (TPSA) is 20.3 Å². The summed E-state index contributed by atoms with van der Waals surface area (Å²) in [5, 5.41) is 0. The highest BCUT2D eigenvalue weighted by Crippen LogP contribution is 2.27. The third-order valence-electron chi connectivity index (χ3n) is 2.22. The molecule has 14 heavy (non-hydrogen) atoms. The highest BCUT2D eigenvalue weighted by molar-refractivity contribution is 6.29. The molecule has 1 aliphatic heterocycles. The Morgan fingerprint density at radius 1 is 1.29 bits per heavy atom. The number of benzene rings is 1. The molecule has 0 spiro atoms. The molecule has 0 aliphatic carbocycles. The van der Waals surface area contributed by atoms with E-state index >= 15 is 0 Å². The molecule has 1 aliphatic rings. The van der Waals surface area contributed by atoms with Gasteiger partial charge in [-0.2, -0.15) is 0 Å². The van der Waals surface area contributed by atoms with Gasteiger partial charge in [0.25, 0.3) is 5.91 Å². The van der Waals surface area contributed by atoms with Crippen molar-refractivity contribution in [3.8, 4) is 0 Å². The third kappa shape index (κ3) is 1.42. The van der Waals surface area contributed by atoms with Crippen LogP contribution >= 0.6 is 11.6 Å². The standard InChI is InChI=1S/C11H10ClNO/c1-8-7-10(12)13(11(8)14)9-5-3-2-4-6-9/h2-7,10H,1H3. The molecule has 0 bridgehead atoms. The molecule has 1 atom stereocenters. The van der Waals surface area contributed by atoms with E-state index in [2.05, 4.69) is 0 Å². The van der Waals surface area contributed by atoms with Crippen LogP contribution in [0, 0.1) is 0 Å². The molecule has 0 aromatic heterocycles. The zero-order valence-corrected chi connectivity index (χ0v) is 8.53. The second-order valence-electron chi connectivity index (χ2n) is 3.23. The number of carbonyl (C=O) groups excluding carboxylic acids is 1. The van der Waals surface area contributed by atoms with Gasteiger partial charge < -0.3 is 0 Å². The van der Waals surface area contributed by atoms with Crippen LogP contribution in [0.5, 0.6) is 0 Å². The highest BCUT2D eigenvalue weighted by atomic mass is 35.5. The zero-order valence-electron chi connectivity index (χ0n) is 7.77. The van der Waals surface area contributed by atoms with E-state index in [0.717, 1.165) is 5.69 Å². The molecule has 1 aromatic rings. The van der Waals surface area contributed by atoms with E-state index in [9.17, 15) is 4.79 Å². The van der Waals surface area contributed by atoms with Gasteiger partial charge in [-0.15, -0.1) is 0 Å². The summed E-state index contributed by atoms with van der Waals surface area (Å²) in [7, 11) is 0. The quantitative estimate of drug-likeness (QED) is 0.512. The van der Waals surface area contributed by atoms with Gasteiger partial charge in [0.1, 0.15) is 5.50 Å². The Kier molecular flexibility index (Phi) is 2.30. The predicted octanol–water partition coefficient (Wildman–Crippen LogP) is 2.54. The fraction of sp³-hybridized carbons (Fsp3) is 0.182. The highest BCUT2D eigenvalue weighted by Gasteiger charge is 2.29. The van der Waals surface area contributed by atoms with Crippen LogP contribution in [-0.4, -0.2) is 11.4 Å². The maximum Gasteiger partial charge on any atom is 0.255 e. The predicted molar refractivity (Wildman–Crippen MR) is 57.3 cm³/mol. The molecule has 2 nitrogen and oxygen atoms in total. The fourth-order valence-corrected chi connectivity index (χ4v) is 1.89. The lowest BCUT2D eigenvalue weighted by atomic mass is 10.3. The minimum absolute atomic E-state index is 0.0174. The van der Waals surface area contributed by atoms with E-state index in [1.165, 1.54) is 0 Å². The van der Waals surface area contributed by atoms with Crippen molar-refractivity contribution in [1.82, 2.24) is 0 Å². The summed E-state index contributed by atoms with van der Waals surface area (Å²) < 4.78 is 0. The Morgan fingerprint density at radius 3 is 2.43 bits per heavy atom. The van der Waals surface area contributed by atoms with Crippen LogP contribution < -0.4 is 4.90 Å². The third-order valence-corrected chi connectivity index (χ3v) is 2.55. The Labute approximate surface area is 87.8 Å². The lowest BCUT2D eigenvalue weighted by molar-refractivity contribution is -0.114. The number of nitrogens with zero attached hydrogens (tertiary/aromatic N) is 1. The number of anilines is 1. The van der Waals surface area contributed by atoms with Gasteiger partial charge >= 0.3 is 0 Å². The summed E-state index contributed by atoms with van der Waals surface area (Å²) in [5.74, 6) is -0.0174. The Bertz CT molecular complexity index is 386. The molecule has 0 radical (unpaired) electrons.